The number of methoxy groups -OCH3 is 1. The van der Waals surface area contributed by atoms with Crippen LogP contribution in [-0.2, 0) is 11.3 Å². The molecule has 0 aliphatic heterocycles. The summed E-state index contributed by atoms with van der Waals surface area (Å²) in [6.07, 6.45) is 1.37. The summed E-state index contributed by atoms with van der Waals surface area (Å²) in [7, 11) is 3.04. The normalized spacial score (nSPS) is 9.50. The molecule has 1 aromatic rings. The molecule has 0 spiro atoms. The third-order valence-corrected chi connectivity index (χ3v) is 2.11. The number of rotatable bonds is 2. The molecule has 0 aliphatic rings. The highest BCUT2D eigenvalue weighted by molar-refractivity contribution is 7.09. The Balaban J connectivity index is 2.47. The lowest BCUT2D eigenvalue weighted by molar-refractivity contribution is 0.131. The number of nitrogens with zero attached hydrogens (tertiary/aromatic N) is 2. The molecule has 1 rings (SSSR count). The minimum atomic E-state index is -0.342. The first-order valence-corrected chi connectivity index (χ1v) is 4.29. The predicted octanol–water partition coefficient (Wildman–Crippen LogP) is 1.34. The first-order chi connectivity index (χ1) is 5.74. The van der Waals surface area contributed by atoms with Crippen LogP contribution in [0.25, 0.3) is 0 Å². The van der Waals surface area contributed by atoms with E-state index in [4.69, 9.17) is 0 Å². The minimum absolute atomic E-state index is 0.342. The van der Waals surface area contributed by atoms with Crippen molar-refractivity contribution in [2.75, 3.05) is 14.2 Å². The Morgan fingerprint density at radius 1 is 1.83 bits per heavy atom. The lowest BCUT2D eigenvalue weighted by atomic mass is 10.6. The Morgan fingerprint density at radius 2 is 2.58 bits per heavy atom. The van der Waals surface area contributed by atoms with Crippen molar-refractivity contribution in [3.05, 3.63) is 16.6 Å². The first-order valence-electron chi connectivity index (χ1n) is 3.41. The van der Waals surface area contributed by atoms with Gasteiger partial charge in [-0.2, -0.15) is 0 Å². The van der Waals surface area contributed by atoms with E-state index in [1.54, 1.807) is 13.2 Å². The highest BCUT2D eigenvalue weighted by Crippen LogP contribution is 2.06. The largest absolute Gasteiger partial charge is 0.453 e. The molecule has 0 saturated carbocycles. The molecule has 0 fully saturated rings. The van der Waals surface area contributed by atoms with Crippen LogP contribution in [0.5, 0.6) is 0 Å². The lowest BCUT2D eigenvalue weighted by Gasteiger charge is -2.12. The van der Waals surface area contributed by atoms with Crippen molar-refractivity contribution in [1.82, 2.24) is 9.88 Å². The molecule has 1 aromatic heterocycles. The summed E-state index contributed by atoms with van der Waals surface area (Å²) in [5.74, 6) is 0. The fourth-order valence-corrected chi connectivity index (χ4v) is 1.42. The van der Waals surface area contributed by atoms with Crippen LogP contribution < -0.4 is 0 Å². The summed E-state index contributed by atoms with van der Waals surface area (Å²) in [5, 5.41) is 2.78. The van der Waals surface area contributed by atoms with Gasteiger partial charge in [-0.3, -0.25) is 0 Å². The van der Waals surface area contributed by atoms with Crippen molar-refractivity contribution in [2.24, 2.45) is 0 Å². The van der Waals surface area contributed by atoms with Crippen LogP contribution in [0.15, 0.2) is 11.6 Å². The number of thiazole rings is 1. The second-order valence-corrected chi connectivity index (χ2v) is 3.23. The van der Waals surface area contributed by atoms with Crippen molar-refractivity contribution in [2.45, 2.75) is 6.54 Å². The maximum atomic E-state index is 10.9. The molecule has 5 heteroatoms. The van der Waals surface area contributed by atoms with E-state index in [9.17, 15) is 4.79 Å². The van der Waals surface area contributed by atoms with E-state index >= 15 is 0 Å². The van der Waals surface area contributed by atoms with Crippen LogP contribution in [-0.4, -0.2) is 30.1 Å². The van der Waals surface area contributed by atoms with E-state index in [-0.39, 0.29) is 6.09 Å². The molecule has 0 N–H and O–H groups in total. The summed E-state index contributed by atoms with van der Waals surface area (Å²) in [4.78, 5) is 16.4. The van der Waals surface area contributed by atoms with E-state index in [2.05, 4.69) is 9.72 Å². The Hall–Kier alpha value is -1.10. The molecular weight excluding hydrogens is 176 g/mol. The fraction of sp³-hybridized carbons (Fsp3) is 0.429. The average Bonchev–Trinajstić information content (AvgIpc) is 2.55. The van der Waals surface area contributed by atoms with Crippen molar-refractivity contribution in [3.63, 3.8) is 0 Å². The van der Waals surface area contributed by atoms with Crippen LogP contribution in [0.3, 0.4) is 0 Å². The Labute approximate surface area is 74.8 Å². The lowest BCUT2D eigenvalue weighted by Crippen LogP contribution is -2.25. The third kappa shape index (κ3) is 2.20. The molecular formula is C7H10N2O2S. The van der Waals surface area contributed by atoms with Crippen LogP contribution in [0.4, 0.5) is 4.79 Å². The second-order valence-electron chi connectivity index (χ2n) is 2.25. The number of hydrogen-bond donors (Lipinski definition) is 0. The SMILES string of the molecule is COC(=O)N(C)Cc1nccs1. The van der Waals surface area contributed by atoms with Crippen molar-refractivity contribution in [1.29, 1.82) is 0 Å². The summed E-state index contributed by atoms with van der Waals surface area (Å²) in [6.45, 7) is 0.504. The van der Waals surface area contributed by atoms with E-state index < -0.39 is 0 Å². The van der Waals surface area contributed by atoms with Gasteiger partial charge in [0.25, 0.3) is 0 Å². The van der Waals surface area contributed by atoms with E-state index in [0.29, 0.717) is 6.54 Å². The molecule has 0 unspecified atom stereocenters. The molecule has 0 aliphatic carbocycles. The predicted molar refractivity (Wildman–Crippen MR) is 46.0 cm³/mol. The van der Waals surface area contributed by atoms with Gasteiger partial charge in [0.15, 0.2) is 0 Å². The molecule has 0 bridgehead atoms. The molecule has 1 heterocycles. The van der Waals surface area contributed by atoms with Gasteiger partial charge in [0.2, 0.25) is 0 Å². The fourth-order valence-electron chi connectivity index (χ4n) is 0.754. The molecule has 0 radical (unpaired) electrons. The van der Waals surface area contributed by atoms with Gasteiger partial charge < -0.3 is 9.64 Å². The monoisotopic (exact) mass is 186 g/mol. The maximum absolute atomic E-state index is 10.9. The van der Waals surface area contributed by atoms with Gasteiger partial charge >= 0.3 is 6.09 Å². The van der Waals surface area contributed by atoms with Gasteiger partial charge in [-0.05, 0) is 0 Å². The van der Waals surface area contributed by atoms with Crippen LogP contribution >= 0.6 is 11.3 Å². The summed E-state index contributed by atoms with van der Waals surface area (Å²) < 4.78 is 4.52. The number of ether oxygens (including phenoxy) is 1. The van der Waals surface area contributed by atoms with Gasteiger partial charge in [0.05, 0.1) is 13.7 Å². The van der Waals surface area contributed by atoms with Crippen molar-refractivity contribution >= 4 is 17.4 Å². The van der Waals surface area contributed by atoms with Crippen LogP contribution in [0.1, 0.15) is 5.01 Å². The Kier molecular flexibility index (Phi) is 3.04. The molecule has 1 amide bonds. The quantitative estimate of drug-likeness (QED) is 0.700. The first kappa shape index (κ1) is 8.99. The van der Waals surface area contributed by atoms with Gasteiger partial charge in [-0.25, -0.2) is 9.78 Å². The second kappa shape index (κ2) is 4.06. The zero-order valence-corrected chi connectivity index (χ0v) is 7.80. The van der Waals surface area contributed by atoms with Crippen molar-refractivity contribution in [3.8, 4) is 0 Å². The standard InChI is InChI=1S/C7H10N2O2S/c1-9(7(10)11-2)5-6-8-3-4-12-6/h3-4H,5H2,1-2H3. The number of amides is 1. The smallest absolute Gasteiger partial charge is 0.409 e. The highest BCUT2D eigenvalue weighted by atomic mass is 32.1. The Morgan fingerprint density at radius 3 is 3.08 bits per heavy atom. The van der Waals surface area contributed by atoms with Crippen LogP contribution in [0.2, 0.25) is 0 Å². The van der Waals surface area contributed by atoms with E-state index in [1.807, 2.05) is 5.38 Å². The average molecular weight is 186 g/mol. The zero-order valence-electron chi connectivity index (χ0n) is 6.98. The molecule has 66 valence electrons. The molecule has 0 saturated heterocycles. The van der Waals surface area contributed by atoms with Gasteiger partial charge in [0, 0.05) is 18.6 Å². The number of aromatic nitrogens is 1. The number of hydrogen-bond acceptors (Lipinski definition) is 4. The number of carbonyl (C=O) groups excluding carboxylic acids is 1. The molecule has 12 heavy (non-hydrogen) atoms. The third-order valence-electron chi connectivity index (χ3n) is 1.34. The van der Waals surface area contributed by atoms with Gasteiger partial charge in [-0.15, -0.1) is 11.3 Å². The number of carbonyl (C=O) groups is 1. The molecule has 4 nitrogen and oxygen atoms in total. The minimum Gasteiger partial charge on any atom is -0.453 e. The summed E-state index contributed by atoms with van der Waals surface area (Å²) in [6, 6.07) is 0. The summed E-state index contributed by atoms with van der Waals surface area (Å²) >= 11 is 1.52. The molecule has 0 atom stereocenters. The summed E-state index contributed by atoms with van der Waals surface area (Å²) in [5.41, 5.74) is 0. The zero-order chi connectivity index (χ0) is 8.97. The topological polar surface area (TPSA) is 42.4 Å². The maximum Gasteiger partial charge on any atom is 0.409 e. The van der Waals surface area contributed by atoms with E-state index in [0.717, 1.165) is 5.01 Å². The van der Waals surface area contributed by atoms with Gasteiger partial charge in [-0.1, -0.05) is 0 Å². The van der Waals surface area contributed by atoms with E-state index in [1.165, 1.54) is 23.3 Å². The van der Waals surface area contributed by atoms with Crippen molar-refractivity contribution < 1.29 is 9.53 Å². The Bertz CT molecular complexity index is 248. The van der Waals surface area contributed by atoms with Crippen LogP contribution in [0, 0.1) is 0 Å². The highest BCUT2D eigenvalue weighted by Gasteiger charge is 2.08. The van der Waals surface area contributed by atoms with Gasteiger partial charge in [0.1, 0.15) is 5.01 Å². The molecule has 0 aromatic carbocycles.